The molecule has 0 atom stereocenters. The van der Waals surface area contributed by atoms with E-state index in [2.05, 4.69) is 10.3 Å². The van der Waals surface area contributed by atoms with Crippen molar-refractivity contribution in [2.45, 2.75) is 27.3 Å². The van der Waals surface area contributed by atoms with Crippen molar-refractivity contribution in [3.8, 4) is 0 Å². The Kier molecular flexibility index (Phi) is 5.54. The quantitative estimate of drug-likeness (QED) is 0.689. The van der Waals surface area contributed by atoms with Gasteiger partial charge in [0.2, 0.25) is 0 Å². The highest BCUT2D eigenvalue weighted by atomic mass is 16.5. The maximum Gasteiger partial charge on any atom is 0.326 e. The van der Waals surface area contributed by atoms with E-state index in [1.54, 1.807) is 44.2 Å². The Balaban J connectivity index is 1.94. The fraction of sp³-hybridized carbons (Fsp3) is 0.238. The summed E-state index contributed by atoms with van der Waals surface area (Å²) in [5.41, 5.74) is 2.12. The van der Waals surface area contributed by atoms with Crippen LogP contribution in [0.3, 0.4) is 0 Å². The van der Waals surface area contributed by atoms with E-state index >= 15 is 0 Å². The normalized spacial score (nSPS) is 10.7. The summed E-state index contributed by atoms with van der Waals surface area (Å²) in [5.74, 6) is -0.352. The first-order chi connectivity index (χ1) is 13.4. The van der Waals surface area contributed by atoms with Crippen molar-refractivity contribution in [3.05, 3.63) is 69.8 Å². The van der Waals surface area contributed by atoms with E-state index in [-0.39, 0.29) is 24.6 Å². The maximum atomic E-state index is 12.8. The van der Waals surface area contributed by atoms with Crippen LogP contribution in [0.4, 0.5) is 5.69 Å². The fourth-order valence-electron chi connectivity index (χ4n) is 2.92. The number of benzene rings is 2. The lowest BCUT2D eigenvalue weighted by molar-refractivity contribution is -0.143. The number of hydrogen-bond donors (Lipinski definition) is 1. The van der Waals surface area contributed by atoms with E-state index in [9.17, 15) is 14.4 Å². The van der Waals surface area contributed by atoms with E-state index in [1.807, 2.05) is 19.1 Å². The van der Waals surface area contributed by atoms with Gasteiger partial charge in [0.1, 0.15) is 12.4 Å². The summed E-state index contributed by atoms with van der Waals surface area (Å²) >= 11 is 0. The number of aromatic nitrogens is 2. The van der Waals surface area contributed by atoms with Crippen LogP contribution < -0.4 is 10.9 Å². The molecule has 1 aromatic heterocycles. The third-order valence-electron chi connectivity index (χ3n) is 4.28. The molecule has 1 heterocycles. The Morgan fingerprint density at radius 3 is 2.64 bits per heavy atom. The van der Waals surface area contributed by atoms with Gasteiger partial charge in [0.05, 0.1) is 17.5 Å². The molecule has 0 saturated heterocycles. The summed E-state index contributed by atoms with van der Waals surface area (Å²) in [6, 6.07) is 12.2. The van der Waals surface area contributed by atoms with Gasteiger partial charge in [-0.05, 0) is 51.1 Å². The van der Waals surface area contributed by atoms with Crippen molar-refractivity contribution in [2.24, 2.45) is 0 Å². The van der Waals surface area contributed by atoms with Crippen molar-refractivity contribution >= 4 is 28.5 Å². The Labute approximate surface area is 162 Å². The van der Waals surface area contributed by atoms with Crippen LogP contribution in [-0.4, -0.2) is 28.0 Å². The summed E-state index contributed by atoms with van der Waals surface area (Å²) in [4.78, 5) is 41.5. The van der Waals surface area contributed by atoms with Gasteiger partial charge in [-0.3, -0.25) is 19.0 Å². The van der Waals surface area contributed by atoms with Crippen LogP contribution in [0.5, 0.6) is 0 Å². The number of nitrogens with zero attached hydrogens (tertiary/aromatic N) is 2. The number of anilines is 1. The van der Waals surface area contributed by atoms with Crippen LogP contribution in [-0.2, 0) is 16.1 Å². The molecular weight excluding hydrogens is 358 g/mol. The molecule has 0 aliphatic carbocycles. The Morgan fingerprint density at radius 1 is 1.14 bits per heavy atom. The second-order valence-electron chi connectivity index (χ2n) is 6.41. The molecule has 0 aliphatic rings. The number of rotatable bonds is 5. The summed E-state index contributed by atoms with van der Waals surface area (Å²) in [6.45, 7) is 5.31. The summed E-state index contributed by atoms with van der Waals surface area (Å²) in [6.07, 6.45) is 0. The molecule has 0 radical (unpaired) electrons. The number of ether oxygens (including phenoxy) is 1. The molecular formula is C21H21N3O4. The number of fused-ring (bicyclic) bond motifs is 1. The maximum absolute atomic E-state index is 12.8. The smallest absolute Gasteiger partial charge is 0.326 e. The van der Waals surface area contributed by atoms with E-state index < -0.39 is 5.97 Å². The molecule has 0 fully saturated rings. The van der Waals surface area contributed by atoms with E-state index in [1.165, 1.54) is 4.57 Å². The molecule has 7 heteroatoms. The van der Waals surface area contributed by atoms with Crippen molar-refractivity contribution in [3.63, 3.8) is 0 Å². The molecule has 2 aromatic carbocycles. The van der Waals surface area contributed by atoms with Crippen LogP contribution in [0, 0.1) is 13.8 Å². The zero-order chi connectivity index (χ0) is 20.3. The zero-order valence-corrected chi connectivity index (χ0v) is 16.0. The second-order valence-corrected chi connectivity index (χ2v) is 6.41. The van der Waals surface area contributed by atoms with Crippen LogP contribution in [0.15, 0.2) is 47.3 Å². The van der Waals surface area contributed by atoms with Gasteiger partial charge < -0.3 is 10.1 Å². The predicted molar refractivity (Wildman–Crippen MR) is 107 cm³/mol. The summed E-state index contributed by atoms with van der Waals surface area (Å²) in [5, 5.41) is 3.11. The SMILES string of the molecule is CCOC(=O)Cn1c(C)nc2ccc(NC(=O)c3cccc(C)c3)cc2c1=O. The van der Waals surface area contributed by atoms with Gasteiger partial charge in [0.25, 0.3) is 11.5 Å². The minimum Gasteiger partial charge on any atom is -0.465 e. The first-order valence-corrected chi connectivity index (χ1v) is 8.94. The molecule has 144 valence electrons. The van der Waals surface area contributed by atoms with Gasteiger partial charge in [0.15, 0.2) is 0 Å². The summed E-state index contributed by atoms with van der Waals surface area (Å²) in [7, 11) is 0. The van der Waals surface area contributed by atoms with Gasteiger partial charge in [-0.15, -0.1) is 0 Å². The van der Waals surface area contributed by atoms with Crippen LogP contribution in [0.1, 0.15) is 28.7 Å². The van der Waals surface area contributed by atoms with Crippen LogP contribution in [0.25, 0.3) is 10.9 Å². The molecule has 3 aromatic rings. The minimum absolute atomic E-state index is 0.207. The molecule has 1 amide bonds. The number of carbonyl (C=O) groups excluding carboxylic acids is 2. The van der Waals surface area contributed by atoms with E-state index in [4.69, 9.17) is 4.74 Å². The first-order valence-electron chi connectivity index (χ1n) is 8.94. The molecule has 0 spiro atoms. The Hall–Kier alpha value is -3.48. The van der Waals surface area contributed by atoms with Crippen molar-refractivity contribution in [1.29, 1.82) is 0 Å². The number of esters is 1. The third-order valence-corrected chi connectivity index (χ3v) is 4.28. The van der Waals surface area contributed by atoms with Crippen LogP contribution >= 0.6 is 0 Å². The highest BCUT2D eigenvalue weighted by molar-refractivity contribution is 6.05. The standard InChI is InChI=1S/C21H21N3O4/c1-4-28-19(25)12-24-14(3)22-18-9-8-16(11-17(18)21(24)27)23-20(26)15-7-5-6-13(2)10-15/h5-11H,4,12H2,1-3H3,(H,23,26). The van der Waals surface area contributed by atoms with Gasteiger partial charge in [-0.1, -0.05) is 17.7 Å². The fourth-order valence-corrected chi connectivity index (χ4v) is 2.92. The number of aryl methyl sites for hydroxylation is 2. The third kappa shape index (κ3) is 4.09. The van der Waals surface area contributed by atoms with Crippen molar-refractivity contribution in [1.82, 2.24) is 9.55 Å². The lowest BCUT2D eigenvalue weighted by Crippen LogP contribution is -2.28. The van der Waals surface area contributed by atoms with Gasteiger partial charge in [-0.2, -0.15) is 0 Å². The van der Waals surface area contributed by atoms with Gasteiger partial charge in [0, 0.05) is 11.3 Å². The van der Waals surface area contributed by atoms with E-state index in [0.29, 0.717) is 28.0 Å². The monoisotopic (exact) mass is 379 g/mol. The predicted octanol–water partition coefficient (Wildman–Crippen LogP) is 2.83. The molecule has 1 N–H and O–H groups in total. The lowest BCUT2D eigenvalue weighted by atomic mass is 10.1. The topological polar surface area (TPSA) is 90.3 Å². The average molecular weight is 379 g/mol. The largest absolute Gasteiger partial charge is 0.465 e. The van der Waals surface area contributed by atoms with Crippen LogP contribution in [0.2, 0.25) is 0 Å². The Bertz CT molecular complexity index is 1120. The summed E-state index contributed by atoms with van der Waals surface area (Å²) < 4.78 is 6.19. The molecule has 0 aliphatic heterocycles. The average Bonchev–Trinajstić information content (AvgIpc) is 2.66. The second kappa shape index (κ2) is 8.04. The zero-order valence-electron chi connectivity index (χ0n) is 16.0. The van der Waals surface area contributed by atoms with Crippen molar-refractivity contribution < 1.29 is 14.3 Å². The minimum atomic E-state index is -0.502. The lowest BCUT2D eigenvalue weighted by Gasteiger charge is -2.11. The van der Waals surface area contributed by atoms with E-state index in [0.717, 1.165) is 5.56 Å². The molecule has 3 rings (SSSR count). The molecule has 0 saturated carbocycles. The highest BCUT2D eigenvalue weighted by Crippen LogP contribution is 2.17. The number of amides is 1. The van der Waals surface area contributed by atoms with Gasteiger partial charge >= 0.3 is 5.97 Å². The molecule has 0 bridgehead atoms. The number of nitrogens with one attached hydrogen (secondary N) is 1. The molecule has 28 heavy (non-hydrogen) atoms. The van der Waals surface area contributed by atoms with Gasteiger partial charge in [-0.25, -0.2) is 4.98 Å². The highest BCUT2D eigenvalue weighted by Gasteiger charge is 2.13. The number of hydrogen-bond acceptors (Lipinski definition) is 5. The van der Waals surface area contributed by atoms with Crippen molar-refractivity contribution in [2.75, 3.05) is 11.9 Å². The first kappa shape index (κ1) is 19.3. The molecule has 7 nitrogen and oxygen atoms in total. The number of carbonyl (C=O) groups is 2. The molecule has 0 unspecified atom stereocenters. The Morgan fingerprint density at radius 2 is 1.93 bits per heavy atom.